The summed E-state index contributed by atoms with van der Waals surface area (Å²) in [5.74, 6) is 0.741. The van der Waals surface area contributed by atoms with Gasteiger partial charge < -0.3 is 15.0 Å². The minimum absolute atomic E-state index is 0. The molecule has 0 saturated heterocycles. The van der Waals surface area contributed by atoms with E-state index < -0.39 is 0 Å². The first-order valence-electron chi connectivity index (χ1n) is 6.38. The van der Waals surface area contributed by atoms with Gasteiger partial charge in [0.2, 0.25) is 0 Å². The van der Waals surface area contributed by atoms with Crippen LogP contribution in [0.3, 0.4) is 0 Å². The average molecular weight is 353 g/mol. The number of aromatic nitrogens is 2. The van der Waals surface area contributed by atoms with Crippen molar-refractivity contribution in [2.45, 2.75) is 19.9 Å². The van der Waals surface area contributed by atoms with Crippen LogP contribution in [-0.4, -0.2) is 23.1 Å². The van der Waals surface area contributed by atoms with Gasteiger partial charge >= 0.3 is 0 Å². The zero-order valence-corrected chi connectivity index (χ0v) is 14.2. The maximum absolute atomic E-state index is 6.14. The number of nitrogens with one attached hydrogen (secondary N) is 2. The van der Waals surface area contributed by atoms with Gasteiger partial charge in [0.05, 0.1) is 18.0 Å². The molecule has 7 heteroatoms. The molecular formula is C14H20Cl3N3O. The van der Waals surface area contributed by atoms with E-state index in [1.807, 2.05) is 31.3 Å². The Hall–Kier alpha value is -0.940. The fourth-order valence-corrected chi connectivity index (χ4v) is 2.06. The fraction of sp³-hybridized carbons (Fsp3) is 0.357. The number of ether oxygens (including phenoxy) is 1. The molecule has 2 N–H and O–H groups in total. The predicted octanol–water partition coefficient (Wildman–Crippen LogP) is 3.64. The Morgan fingerprint density at radius 3 is 2.76 bits per heavy atom. The molecule has 0 bridgehead atoms. The number of rotatable bonds is 7. The van der Waals surface area contributed by atoms with Crippen LogP contribution in [0.15, 0.2) is 30.7 Å². The van der Waals surface area contributed by atoms with Crippen molar-refractivity contribution >= 4 is 36.4 Å². The zero-order valence-electron chi connectivity index (χ0n) is 11.8. The number of nitrogens with zero attached hydrogens (tertiary/aromatic N) is 1. The van der Waals surface area contributed by atoms with E-state index in [1.165, 1.54) is 0 Å². The van der Waals surface area contributed by atoms with E-state index in [0.717, 1.165) is 36.5 Å². The van der Waals surface area contributed by atoms with Crippen molar-refractivity contribution in [1.29, 1.82) is 0 Å². The van der Waals surface area contributed by atoms with Gasteiger partial charge in [0, 0.05) is 31.4 Å². The molecule has 0 spiro atoms. The molecule has 2 rings (SSSR count). The quantitative estimate of drug-likeness (QED) is 0.748. The predicted molar refractivity (Wildman–Crippen MR) is 91.1 cm³/mol. The highest BCUT2D eigenvalue weighted by Crippen LogP contribution is 2.25. The monoisotopic (exact) mass is 351 g/mol. The molecular weight excluding hydrogens is 333 g/mol. The largest absolute Gasteiger partial charge is 0.492 e. The van der Waals surface area contributed by atoms with Crippen molar-refractivity contribution in [1.82, 2.24) is 15.3 Å². The normalized spacial score (nSPS) is 9.62. The molecule has 0 atom stereocenters. The topological polar surface area (TPSA) is 49.9 Å². The summed E-state index contributed by atoms with van der Waals surface area (Å²) in [6.07, 6.45) is 4.47. The first-order valence-corrected chi connectivity index (χ1v) is 6.76. The molecule has 0 unspecified atom stereocenters. The summed E-state index contributed by atoms with van der Waals surface area (Å²) in [6.45, 7) is 4.26. The summed E-state index contributed by atoms with van der Waals surface area (Å²) in [7, 11) is 0. The third-order valence-electron chi connectivity index (χ3n) is 2.75. The standard InChI is InChI=1S/C14H18ClN3O.2ClH/c1-2-19-14-4-3-11(7-13(14)15)8-16-6-5-12-9-17-10-18-12;;/h3-4,7,9-10,16H,2,5-6,8H2,1H3,(H,17,18);2*1H. The van der Waals surface area contributed by atoms with E-state index >= 15 is 0 Å². The molecule has 0 fully saturated rings. The van der Waals surface area contributed by atoms with Gasteiger partial charge in [0.1, 0.15) is 5.75 Å². The molecule has 1 aromatic heterocycles. The molecule has 0 aliphatic carbocycles. The van der Waals surface area contributed by atoms with Crippen LogP contribution >= 0.6 is 36.4 Å². The van der Waals surface area contributed by atoms with Gasteiger partial charge in [0.15, 0.2) is 0 Å². The van der Waals surface area contributed by atoms with Crippen molar-refractivity contribution in [3.8, 4) is 5.75 Å². The van der Waals surface area contributed by atoms with Crippen molar-refractivity contribution in [3.05, 3.63) is 47.0 Å². The number of aromatic amines is 1. The van der Waals surface area contributed by atoms with E-state index in [9.17, 15) is 0 Å². The molecule has 2 aromatic rings. The molecule has 0 aliphatic rings. The van der Waals surface area contributed by atoms with Crippen LogP contribution in [0.5, 0.6) is 5.75 Å². The van der Waals surface area contributed by atoms with Crippen LogP contribution in [0.25, 0.3) is 0 Å². The third kappa shape index (κ3) is 6.57. The van der Waals surface area contributed by atoms with Crippen LogP contribution in [0.2, 0.25) is 5.02 Å². The Kier molecular flexibility index (Phi) is 10.3. The highest BCUT2D eigenvalue weighted by atomic mass is 35.5. The third-order valence-corrected chi connectivity index (χ3v) is 3.05. The summed E-state index contributed by atoms with van der Waals surface area (Å²) >= 11 is 6.14. The average Bonchev–Trinajstić information content (AvgIpc) is 2.91. The number of benzene rings is 1. The number of imidazole rings is 1. The molecule has 21 heavy (non-hydrogen) atoms. The van der Waals surface area contributed by atoms with E-state index in [-0.39, 0.29) is 24.8 Å². The maximum atomic E-state index is 6.14. The fourth-order valence-electron chi connectivity index (χ4n) is 1.80. The van der Waals surface area contributed by atoms with Crippen molar-refractivity contribution in [2.24, 2.45) is 0 Å². The second-order valence-electron chi connectivity index (χ2n) is 4.20. The van der Waals surface area contributed by atoms with E-state index in [4.69, 9.17) is 16.3 Å². The summed E-state index contributed by atoms with van der Waals surface area (Å²) < 4.78 is 5.40. The number of halogens is 3. The van der Waals surface area contributed by atoms with Crippen LogP contribution in [0.1, 0.15) is 18.2 Å². The highest BCUT2D eigenvalue weighted by molar-refractivity contribution is 6.32. The Bertz CT molecular complexity index is 506. The smallest absolute Gasteiger partial charge is 0.137 e. The molecule has 4 nitrogen and oxygen atoms in total. The SMILES string of the molecule is CCOc1ccc(CNCCc2cnc[nH]2)cc1Cl.Cl.Cl. The molecule has 0 saturated carbocycles. The maximum Gasteiger partial charge on any atom is 0.137 e. The lowest BCUT2D eigenvalue weighted by molar-refractivity contribution is 0.340. The lowest BCUT2D eigenvalue weighted by Crippen LogP contribution is -2.16. The van der Waals surface area contributed by atoms with E-state index in [1.54, 1.807) is 6.33 Å². The van der Waals surface area contributed by atoms with Gasteiger partial charge in [-0.1, -0.05) is 17.7 Å². The van der Waals surface area contributed by atoms with E-state index in [0.29, 0.717) is 11.6 Å². The number of hydrogen-bond donors (Lipinski definition) is 2. The Morgan fingerprint density at radius 1 is 1.33 bits per heavy atom. The zero-order chi connectivity index (χ0) is 13.5. The van der Waals surface area contributed by atoms with Crippen LogP contribution in [-0.2, 0) is 13.0 Å². The summed E-state index contributed by atoms with van der Waals surface area (Å²) in [6, 6.07) is 5.88. The van der Waals surface area contributed by atoms with Gasteiger partial charge in [-0.3, -0.25) is 0 Å². The summed E-state index contributed by atoms with van der Waals surface area (Å²) in [4.78, 5) is 7.06. The first-order chi connectivity index (χ1) is 9.29. The van der Waals surface area contributed by atoms with Crippen molar-refractivity contribution < 1.29 is 4.74 Å². The minimum Gasteiger partial charge on any atom is -0.492 e. The number of H-pyrrole nitrogens is 1. The molecule has 0 aliphatic heterocycles. The lowest BCUT2D eigenvalue weighted by atomic mass is 10.2. The second-order valence-corrected chi connectivity index (χ2v) is 4.61. The molecule has 0 radical (unpaired) electrons. The van der Waals surface area contributed by atoms with Gasteiger partial charge in [-0.05, 0) is 24.6 Å². The Morgan fingerprint density at radius 2 is 2.14 bits per heavy atom. The lowest BCUT2D eigenvalue weighted by Gasteiger charge is -2.08. The number of hydrogen-bond acceptors (Lipinski definition) is 3. The summed E-state index contributed by atoms with van der Waals surface area (Å²) in [5.41, 5.74) is 2.29. The molecule has 118 valence electrons. The first kappa shape index (κ1) is 20.1. The van der Waals surface area contributed by atoms with Gasteiger partial charge in [-0.15, -0.1) is 24.8 Å². The Labute approximate surface area is 142 Å². The Balaban J connectivity index is 0.00000200. The highest BCUT2D eigenvalue weighted by Gasteiger charge is 2.02. The second kappa shape index (κ2) is 10.7. The van der Waals surface area contributed by atoms with Gasteiger partial charge in [-0.25, -0.2) is 4.98 Å². The summed E-state index contributed by atoms with van der Waals surface area (Å²) in [5, 5.41) is 4.03. The van der Waals surface area contributed by atoms with Crippen LogP contribution in [0, 0.1) is 0 Å². The molecule has 1 aromatic carbocycles. The van der Waals surface area contributed by atoms with Crippen LogP contribution in [0.4, 0.5) is 0 Å². The molecule has 1 heterocycles. The van der Waals surface area contributed by atoms with Crippen molar-refractivity contribution in [3.63, 3.8) is 0 Å². The van der Waals surface area contributed by atoms with Crippen LogP contribution < -0.4 is 10.1 Å². The van der Waals surface area contributed by atoms with E-state index in [2.05, 4.69) is 15.3 Å². The van der Waals surface area contributed by atoms with Gasteiger partial charge in [0.25, 0.3) is 0 Å². The van der Waals surface area contributed by atoms with Crippen molar-refractivity contribution in [2.75, 3.05) is 13.2 Å². The van der Waals surface area contributed by atoms with Gasteiger partial charge in [-0.2, -0.15) is 0 Å². The molecule has 0 amide bonds. The minimum atomic E-state index is 0.